The minimum atomic E-state index is -0.956. The highest BCUT2D eigenvalue weighted by Gasteiger charge is 2.16. The molecule has 19 heavy (non-hydrogen) atoms. The van der Waals surface area contributed by atoms with Gasteiger partial charge in [0.1, 0.15) is 0 Å². The lowest BCUT2D eigenvalue weighted by molar-refractivity contribution is -0.138. The summed E-state index contributed by atoms with van der Waals surface area (Å²) < 4.78 is 0. The molecule has 1 aliphatic rings. The van der Waals surface area contributed by atoms with Crippen LogP contribution >= 0.6 is 0 Å². The molecule has 0 aromatic heterocycles. The van der Waals surface area contributed by atoms with Crippen LogP contribution in [0.5, 0.6) is 0 Å². The average Bonchev–Trinajstić information content (AvgIpc) is 2.40. The number of carboxylic acids is 1. The van der Waals surface area contributed by atoms with Crippen molar-refractivity contribution in [2.24, 2.45) is 0 Å². The number of rotatable bonds is 4. The van der Waals surface area contributed by atoms with Crippen molar-refractivity contribution in [2.45, 2.75) is 32.6 Å². The van der Waals surface area contributed by atoms with Crippen molar-refractivity contribution in [1.82, 2.24) is 0 Å². The van der Waals surface area contributed by atoms with Crippen LogP contribution in [-0.4, -0.2) is 23.5 Å². The molecule has 1 aliphatic heterocycles. The average molecular weight is 262 g/mol. The number of anilines is 2. The summed E-state index contributed by atoms with van der Waals surface area (Å²) in [7, 11) is 0. The molecular formula is C14H18N2O3. The Kier molecular flexibility index (Phi) is 4.04. The van der Waals surface area contributed by atoms with Gasteiger partial charge in [-0.05, 0) is 37.0 Å². The van der Waals surface area contributed by atoms with Crippen molar-refractivity contribution < 1.29 is 14.7 Å². The van der Waals surface area contributed by atoms with Gasteiger partial charge in [0.15, 0.2) is 0 Å². The van der Waals surface area contributed by atoms with Crippen LogP contribution in [0, 0.1) is 6.92 Å². The molecule has 0 unspecified atom stereocenters. The second-order valence-electron chi connectivity index (χ2n) is 4.76. The summed E-state index contributed by atoms with van der Waals surface area (Å²) in [6.45, 7) is 2.98. The smallest absolute Gasteiger partial charge is 0.303 e. The molecule has 0 atom stereocenters. The van der Waals surface area contributed by atoms with Crippen molar-refractivity contribution in [3.63, 3.8) is 0 Å². The van der Waals surface area contributed by atoms with Crippen LogP contribution in [0.2, 0.25) is 0 Å². The summed E-state index contributed by atoms with van der Waals surface area (Å²) in [6, 6.07) is 3.85. The number of amides is 1. The number of nitrogens with one attached hydrogen (secondary N) is 2. The Bertz CT molecular complexity index is 512. The number of carbonyl (C=O) groups excluding carboxylic acids is 1. The minimum Gasteiger partial charge on any atom is -0.481 e. The van der Waals surface area contributed by atoms with E-state index in [0.717, 1.165) is 36.3 Å². The number of fused-ring (bicyclic) bond motifs is 1. The summed E-state index contributed by atoms with van der Waals surface area (Å²) in [4.78, 5) is 22.1. The molecule has 5 heteroatoms. The molecule has 102 valence electrons. The number of aliphatic carboxylic acids is 1. The van der Waals surface area contributed by atoms with E-state index in [1.54, 1.807) is 0 Å². The Labute approximate surface area is 112 Å². The van der Waals surface area contributed by atoms with E-state index in [1.165, 1.54) is 5.56 Å². The zero-order valence-electron chi connectivity index (χ0n) is 11.0. The Balaban J connectivity index is 2.12. The first kappa shape index (κ1) is 13.4. The lowest BCUT2D eigenvalue weighted by Gasteiger charge is -2.23. The van der Waals surface area contributed by atoms with E-state index < -0.39 is 5.97 Å². The fraction of sp³-hybridized carbons (Fsp3) is 0.429. The van der Waals surface area contributed by atoms with Crippen LogP contribution in [0.1, 0.15) is 30.4 Å². The molecule has 5 nitrogen and oxygen atoms in total. The van der Waals surface area contributed by atoms with Crippen molar-refractivity contribution >= 4 is 23.3 Å². The van der Waals surface area contributed by atoms with Gasteiger partial charge in [0.2, 0.25) is 5.91 Å². The molecule has 0 fully saturated rings. The first-order valence-electron chi connectivity index (χ1n) is 6.46. The molecule has 0 aliphatic carbocycles. The zero-order chi connectivity index (χ0) is 13.8. The van der Waals surface area contributed by atoms with Crippen LogP contribution in [0.3, 0.4) is 0 Å². The highest BCUT2D eigenvalue weighted by atomic mass is 16.4. The molecule has 3 N–H and O–H groups in total. The number of hydrogen-bond acceptors (Lipinski definition) is 3. The third kappa shape index (κ3) is 3.24. The first-order valence-corrected chi connectivity index (χ1v) is 6.46. The third-order valence-electron chi connectivity index (χ3n) is 3.27. The van der Waals surface area contributed by atoms with E-state index in [2.05, 4.69) is 10.6 Å². The van der Waals surface area contributed by atoms with Gasteiger partial charge in [-0.15, -0.1) is 0 Å². The first-order chi connectivity index (χ1) is 9.08. The summed E-state index contributed by atoms with van der Waals surface area (Å²) in [5.41, 5.74) is 4.18. The van der Waals surface area contributed by atoms with E-state index >= 15 is 0 Å². The van der Waals surface area contributed by atoms with Gasteiger partial charge in [-0.2, -0.15) is 0 Å². The zero-order valence-corrected chi connectivity index (χ0v) is 11.0. The highest BCUT2D eigenvalue weighted by Crippen LogP contribution is 2.32. The van der Waals surface area contributed by atoms with E-state index in [1.807, 2.05) is 19.1 Å². The van der Waals surface area contributed by atoms with Crippen LogP contribution in [0.25, 0.3) is 0 Å². The van der Waals surface area contributed by atoms with Crippen molar-refractivity contribution in [3.8, 4) is 0 Å². The molecule has 0 bridgehead atoms. The largest absolute Gasteiger partial charge is 0.481 e. The maximum absolute atomic E-state index is 11.7. The fourth-order valence-electron chi connectivity index (χ4n) is 2.30. The molecule has 0 spiro atoms. The van der Waals surface area contributed by atoms with Gasteiger partial charge in [-0.1, -0.05) is 6.07 Å². The van der Waals surface area contributed by atoms with Gasteiger partial charge in [-0.25, -0.2) is 0 Å². The van der Waals surface area contributed by atoms with E-state index in [4.69, 9.17) is 5.11 Å². The molecule has 1 amide bonds. The number of aryl methyl sites for hydroxylation is 1. The van der Waals surface area contributed by atoms with Crippen LogP contribution in [0.4, 0.5) is 11.4 Å². The van der Waals surface area contributed by atoms with Crippen LogP contribution < -0.4 is 10.6 Å². The maximum atomic E-state index is 11.7. The summed E-state index contributed by atoms with van der Waals surface area (Å²) in [5, 5.41) is 14.7. The maximum Gasteiger partial charge on any atom is 0.303 e. The fourth-order valence-corrected chi connectivity index (χ4v) is 2.30. The molecule has 1 aromatic rings. The van der Waals surface area contributed by atoms with Crippen LogP contribution in [-0.2, 0) is 16.0 Å². The number of benzene rings is 1. The Morgan fingerprint density at radius 3 is 2.89 bits per heavy atom. The van der Waals surface area contributed by atoms with Crippen molar-refractivity contribution in [3.05, 3.63) is 23.3 Å². The summed E-state index contributed by atoms with van der Waals surface area (Å²) in [5.74, 6) is -1.21. The molecule has 0 saturated heterocycles. The summed E-state index contributed by atoms with van der Waals surface area (Å²) in [6.07, 6.45) is 1.83. The number of carboxylic acid groups (broad SMARTS) is 1. The van der Waals surface area contributed by atoms with Gasteiger partial charge in [-0.3, -0.25) is 9.59 Å². The van der Waals surface area contributed by atoms with E-state index in [9.17, 15) is 9.59 Å². The molecule has 0 radical (unpaired) electrons. The third-order valence-corrected chi connectivity index (χ3v) is 3.27. The second kappa shape index (κ2) is 5.73. The molecule has 0 saturated carbocycles. The van der Waals surface area contributed by atoms with Gasteiger partial charge in [0, 0.05) is 24.3 Å². The number of hydrogen-bond donors (Lipinski definition) is 3. The highest BCUT2D eigenvalue weighted by molar-refractivity contribution is 5.94. The normalized spacial score (nSPS) is 13.3. The Hall–Kier alpha value is -2.04. The van der Waals surface area contributed by atoms with Crippen LogP contribution in [0.15, 0.2) is 12.1 Å². The molecule has 1 heterocycles. The topological polar surface area (TPSA) is 78.4 Å². The monoisotopic (exact) mass is 262 g/mol. The minimum absolute atomic E-state index is 0.00537. The van der Waals surface area contributed by atoms with Gasteiger partial charge in [0.05, 0.1) is 6.42 Å². The van der Waals surface area contributed by atoms with E-state index in [-0.39, 0.29) is 18.7 Å². The van der Waals surface area contributed by atoms with Gasteiger partial charge in [0.25, 0.3) is 0 Å². The van der Waals surface area contributed by atoms with Crippen molar-refractivity contribution in [2.75, 3.05) is 17.2 Å². The SMILES string of the molecule is Cc1ccc(NC(=O)CCC(=O)O)c2c1NCCC2. The van der Waals surface area contributed by atoms with E-state index in [0.29, 0.717) is 0 Å². The predicted molar refractivity (Wildman–Crippen MR) is 73.5 cm³/mol. The van der Waals surface area contributed by atoms with Gasteiger partial charge < -0.3 is 15.7 Å². The standard InChI is InChI=1S/C14H18N2O3/c1-9-4-5-11(10-3-2-8-15-14(9)10)16-12(17)6-7-13(18)19/h4-5,15H,2-3,6-8H2,1H3,(H,16,17)(H,18,19). The second-order valence-corrected chi connectivity index (χ2v) is 4.76. The summed E-state index contributed by atoms with van der Waals surface area (Å²) >= 11 is 0. The quantitative estimate of drug-likeness (QED) is 0.777. The molecule has 2 rings (SSSR count). The van der Waals surface area contributed by atoms with Gasteiger partial charge >= 0.3 is 5.97 Å². The number of carbonyl (C=O) groups is 2. The Morgan fingerprint density at radius 1 is 1.37 bits per heavy atom. The molecule has 1 aromatic carbocycles. The Morgan fingerprint density at radius 2 is 2.16 bits per heavy atom. The lowest BCUT2D eigenvalue weighted by atomic mass is 9.98. The van der Waals surface area contributed by atoms with Crippen molar-refractivity contribution in [1.29, 1.82) is 0 Å². The molecular weight excluding hydrogens is 244 g/mol. The predicted octanol–water partition coefficient (Wildman–Crippen LogP) is 2.16. The lowest BCUT2D eigenvalue weighted by Crippen LogP contribution is -2.18.